The van der Waals surface area contributed by atoms with Crippen molar-refractivity contribution in [3.63, 3.8) is 0 Å². The average molecular weight is 409 g/mol. The van der Waals surface area contributed by atoms with Crippen molar-refractivity contribution < 1.29 is 9.66 Å². The highest BCUT2D eigenvalue weighted by molar-refractivity contribution is 8.01. The lowest BCUT2D eigenvalue weighted by atomic mass is 10.3. The molecular formula is C16H16N4O3S3. The second-order valence-corrected chi connectivity index (χ2v) is 8.40. The third-order valence-electron chi connectivity index (χ3n) is 3.26. The van der Waals surface area contributed by atoms with Gasteiger partial charge in [-0.05, 0) is 23.9 Å². The molecule has 0 aliphatic carbocycles. The van der Waals surface area contributed by atoms with Crippen molar-refractivity contribution in [3.05, 3.63) is 56.8 Å². The molecular weight excluding hydrogens is 392 g/mol. The molecule has 0 fully saturated rings. The number of benzene rings is 1. The predicted octanol–water partition coefficient (Wildman–Crippen LogP) is 4.33. The van der Waals surface area contributed by atoms with Gasteiger partial charge in [0.05, 0.1) is 11.5 Å². The molecule has 1 aromatic carbocycles. The Bertz CT molecular complexity index is 839. The highest BCUT2D eigenvalue weighted by Crippen LogP contribution is 2.28. The highest BCUT2D eigenvalue weighted by Gasteiger charge is 2.13. The van der Waals surface area contributed by atoms with Gasteiger partial charge in [0.25, 0.3) is 0 Å². The summed E-state index contributed by atoms with van der Waals surface area (Å²) in [6.45, 7) is 1.18. The molecule has 7 nitrogen and oxygen atoms in total. The van der Waals surface area contributed by atoms with Crippen LogP contribution in [0.1, 0.15) is 4.88 Å². The number of nitrogens with zero attached hydrogens (tertiary/aromatic N) is 3. The molecule has 0 spiro atoms. The van der Waals surface area contributed by atoms with Gasteiger partial charge in [-0.3, -0.25) is 10.1 Å². The number of ether oxygens (including phenoxy) is 1. The summed E-state index contributed by atoms with van der Waals surface area (Å²) in [6, 6.07) is 10.5. The molecule has 0 radical (unpaired) electrons. The molecule has 1 N–H and O–H groups in total. The first-order valence-electron chi connectivity index (χ1n) is 7.81. The average Bonchev–Trinajstić information content (AvgIpc) is 3.31. The Kier molecular flexibility index (Phi) is 6.81. The number of nitrogens with one attached hydrogen (secondary N) is 1. The van der Waals surface area contributed by atoms with Crippen LogP contribution in [0, 0.1) is 10.1 Å². The fourth-order valence-electron chi connectivity index (χ4n) is 2.10. The van der Waals surface area contributed by atoms with Crippen molar-refractivity contribution in [2.24, 2.45) is 0 Å². The van der Waals surface area contributed by atoms with Crippen LogP contribution in [0.15, 0.2) is 46.1 Å². The Balaban J connectivity index is 1.39. The summed E-state index contributed by atoms with van der Waals surface area (Å²) < 4.78 is 6.36. The molecule has 0 atom stereocenters. The zero-order valence-corrected chi connectivity index (χ0v) is 16.1. The first-order valence-corrected chi connectivity index (χ1v) is 10.5. The number of hydrogen-bond donors (Lipinski definition) is 1. The second-order valence-electron chi connectivity index (χ2n) is 5.05. The summed E-state index contributed by atoms with van der Waals surface area (Å²) in [4.78, 5) is 11.8. The monoisotopic (exact) mass is 408 g/mol. The van der Waals surface area contributed by atoms with E-state index in [1.54, 1.807) is 29.5 Å². The van der Waals surface area contributed by atoms with E-state index in [0.717, 1.165) is 22.4 Å². The van der Waals surface area contributed by atoms with Gasteiger partial charge in [-0.15, -0.1) is 21.5 Å². The van der Waals surface area contributed by atoms with Crippen LogP contribution in [-0.4, -0.2) is 34.0 Å². The Morgan fingerprint density at radius 2 is 2.12 bits per heavy atom. The van der Waals surface area contributed by atoms with Gasteiger partial charge in [-0.25, -0.2) is 0 Å². The molecule has 0 unspecified atom stereocenters. The molecule has 3 aromatic rings. The van der Waals surface area contributed by atoms with Gasteiger partial charge < -0.3 is 10.1 Å². The van der Waals surface area contributed by atoms with Crippen LogP contribution in [0.4, 0.5) is 10.8 Å². The van der Waals surface area contributed by atoms with Crippen LogP contribution < -0.4 is 10.1 Å². The molecule has 2 aromatic heterocycles. The molecule has 0 amide bonds. The van der Waals surface area contributed by atoms with Crippen molar-refractivity contribution in [1.29, 1.82) is 0 Å². The van der Waals surface area contributed by atoms with E-state index in [4.69, 9.17) is 4.74 Å². The van der Waals surface area contributed by atoms with Crippen LogP contribution in [0.3, 0.4) is 0 Å². The minimum absolute atomic E-state index is 0.0226. The lowest BCUT2D eigenvalue weighted by Gasteiger charge is -2.05. The molecule has 0 aliphatic heterocycles. The van der Waals surface area contributed by atoms with E-state index in [9.17, 15) is 10.1 Å². The number of anilines is 1. The van der Waals surface area contributed by atoms with E-state index in [-0.39, 0.29) is 11.4 Å². The fourth-order valence-corrected chi connectivity index (χ4v) is 4.47. The molecule has 2 heterocycles. The number of nitro benzene ring substituents is 1. The molecule has 136 valence electrons. The van der Waals surface area contributed by atoms with Crippen LogP contribution in [0.25, 0.3) is 0 Å². The molecule has 0 saturated heterocycles. The van der Waals surface area contributed by atoms with Crippen molar-refractivity contribution in [2.75, 3.05) is 24.2 Å². The third kappa shape index (κ3) is 5.41. The largest absolute Gasteiger partial charge is 0.486 e. The number of aromatic nitrogens is 2. The lowest BCUT2D eigenvalue weighted by molar-refractivity contribution is -0.385. The second kappa shape index (κ2) is 9.51. The first kappa shape index (κ1) is 18.6. The summed E-state index contributed by atoms with van der Waals surface area (Å²) in [5.41, 5.74) is -0.0226. The van der Waals surface area contributed by atoms with Gasteiger partial charge >= 0.3 is 5.69 Å². The van der Waals surface area contributed by atoms with E-state index >= 15 is 0 Å². The Morgan fingerprint density at radius 3 is 2.92 bits per heavy atom. The molecule has 10 heteroatoms. The van der Waals surface area contributed by atoms with Crippen LogP contribution in [0.5, 0.6) is 5.75 Å². The van der Waals surface area contributed by atoms with Crippen molar-refractivity contribution >= 4 is 45.3 Å². The van der Waals surface area contributed by atoms with Crippen LogP contribution in [0.2, 0.25) is 0 Å². The van der Waals surface area contributed by atoms with E-state index < -0.39 is 4.92 Å². The van der Waals surface area contributed by atoms with Gasteiger partial charge in [0.1, 0.15) is 0 Å². The summed E-state index contributed by atoms with van der Waals surface area (Å²) in [5.74, 6) is 0.918. The summed E-state index contributed by atoms with van der Waals surface area (Å²) in [7, 11) is 0. The number of nitro groups is 1. The Labute approximate surface area is 162 Å². The summed E-state index contributed by atoms with van der Waals surface area (Å²) >= 11 is 4.76. The van der Waals surface area contributed by atoms with Gasteiger partial charge in [-0.2, -0.15) is 0 Å². The molecule has 0 bridgehead atoms. The number of para-hydroxylation sites is 2. The lowest BCUT2D eigenvalue weighted by Crippen LogP contribution is -2.03. The fraction of sp³-hybridized carbons (Fsp3) is 0.250. The molecule has 0 aliphatic rings. The van der Waals surface area contributed by atoms with Crippen LogP contribution in [-0.2, 0) is 6.42 Å². The number of hydrogen-bond acceptors (Lipinski definition) is 9. The summed E-state index contributed by atoms with van der Waals surface area (Å²) in [6.07, 6.45) is 0.962. The third-order valence-corrected chi connectivity index (χ3v) is 6.18. The van der Waals surface area contributed by atoms with E-state index in [1.807, 2.05) is 6.07 Å². The summed E-state index contributed by atoms with van der Waals surface area (Å²) in [5, 5.41) is 25.3. The number of thioether (sulfide) groups is 1. The normalized spacial score (nSPS) is 10.6. The quantitative estimate of drug-likeness (QED) is 0.231. The van der Waals surface area contributed by atoms with E-state index in [0.29, 0.717) is 12.4 Å². The maximum atomic E-state index is 10.9. The van der Waals surface area contributed by atoms with Gasteiger partial charge in [0.2, 0.25) is 5.13 Å². The van der Waals surface area contributed by atoms with Crippen molar-refractivity contribution in [1.82, 2.24) is 10.2 Å². The van der Waals surface area contributed by atoms with Crippen LogP contribution >= 0.6 is 34.4 Å². The Morgan fingerprint density at radius 1 is 1.23 bits per heavy atom. The zero-order valence-electron chi connectivity index (χ0n) is 13.7. The van der Waals surface area contributed by atoms with E-state index in [2.05, 4.69) is 27.0 Å². The Hall–Kier alpha value is -2.17. The van der Waals surface area contributed by atoms with Gasteiger partial charge in [-0.1, -0.05) is 41.3 Å². The minimum atomic E-state index is -0.443. The molecule has 0 saturated carbocycles. The highest BCUT2D eigenvalue weighted by atomic mass is 32.2. The van der Waals surface area contributed by atoms with Gasteiger partial charge in [0.15, 0.2) is 10.1 Å². The predicted molar refractivity (Wildman–Crippen MR) is 106 cm³/mol. The zero-order chi connectivity index (χ0) is 18.2. The SMILES string of the molecule is O=[N+]([O-])c1ccccc1OCCSc1nnc(NCCc2cccs2)s1. The van der Waals surface area contributed by atoms with Crippen molar-refractivity contribution in [2.45, 2.75) is 10.8 Å². The molecule has 3 rings (SSSR count). The van der Waals surface area contributed by atoms with Gasteiger partial charge in [0, 0.05) is 23.2 Å². The maximum absolute atomic E-state index is 10.9. The number of rotatable bonds is 10. The first-order chi connectivity index (χ1) is 12.7. The maximum Gasteiger partial charge on any atom is 0.310 e. The smallest absolute Gasteiger partial charge is 0.310 e. The van der Waals surface area contributed by atoms with E-state index in [1.165, 1.54) is 34.0 Å². The van der Waals surface area contributed by atoms with Crippen molar-refractivity contribution in [3.8, 4) is 5.75 Å². The molecule has 26 heavy (non-hydrogen) atoms. The minimum Gasteiger partial charge on any atom is -0.486 e. The number of thiophene rings is 1. The standard InChI is InChI=1S/C16H16N4O3S3/c21-20(22)13-5-1-2-6-14(13)23-9-11-25-16-19-18-15(26-16)17-8-7-12-4-3-10-24-12/h1-6,10H,7-9,11H2,(H,17,18). The topological polar surface area (TPSA) is 90.2 Å².